The fourth-order valence-corrected chi connectivity index (χ4v) is 5.84. The maximum atomic E-state index is 14.0. The standard InChI is InChI=1S/C32H38FN9O3/c1-40-11-13-41(14-12-40)15-16-42-25-20-28-27(43-17-18-44-28)19-23(25)38-29(42)5-8-34-9-6-30-39-31-26(45-30)4-10-36-32(31)37-21-24-22(33)3-2-7-35-24/h2-4,7,10,19-20,34H,5-6,8-9,11-18,21H2,1H3,(H,36,37). The van der Waals surface area contributed by atoms with Crippen LogP contribution in [0.2, 0.25) is 0 Å². The average Bonchev–Trinajstić information content (AvgIpc) is 3.63. The Morgan fingerprint density at radius 3 is 2.58 bits per heavy atom. The number of nitrogens with one attached hydrogen (secondary N) is 2. The molecule has 4 aromatic heterocycles. The predicted molar refractivity (Wildman–Crippen MR) is 168 cm³/mol. The Balaban J connectivity index is 0.978. The first-order valence-corrected chi connectivity index (χ1v) is 15.6. The summed E-state index contributed by atoms with van der Waals surface area (Å²) < 4.78 is 34.0. The number of imidazole rings is 1. The minimum atomic E-state index is -0.364. The summed E-state index contributed by atoms with van der Waals surface area (Å²) in [5.41, 5.74) is 3.59. The first kappa shape index (κ1) is 29.4. The van der Waals surface area contributed by atoms with Gasteiger partial charge in [0, 0.05) is 95.8 Å². The highest BCUT2D eigenvalue weighted by Crippen LogP contribution is 2.35. The molecule has 0 unspecified atom stereocenters. The van der Waals surface area contributed by atoms with Crippen LogP contribution in [0.3, 0.4) is 0 Å². The molecule has 7 rings (SSSR count). The van der Waals surface area contributed by atoms with Crippen molar-refractivity contribution in [3.63, 3.8) is 0 Å². The summed E-state index contributed by atoms with van der Waals surface area (Å²) in [5.74, 6) is 3.38. The van der Waals surface area contributed by atoms with Crippen LogP contribution < -0.4 is 20.1 Å². The van der Waals surface area contributed by atoms with Crippen LogP contribution in [-0.2, 0) is 25.9 Å². The molecule has 236 valence electrons. The smallest absolute Gasteiger partial charge is 0.196 e. The summed E-state index contributed by atoms with van der Waals surface area (Å²) >= 11 is 0. The fourth-order valence-electron chi connectivity index (χ4n) is 5.84. The monoisotopic (exact) mass is 615 g/mol. The van der Waals surface area contributed by atoms with Crippen molar-refractivity contribution >= 4 is 28.0 Å². The number of aromatic nitrogens is 5. The number of pyridine rings is 2. The molecule has 2 N–H and O–H groups in total. The van der Waals surface area contributed by atoms with Gasteiger partial charge in [0.05, 0.1) is 23.3 Å². The van der Waals surface area contributed by atoms with Crippen LogP contribution in [0.1, 0.15) is 17.4 Å². The van der Waals surface area contributed by atoms with Gasteiger partial charge in [-0.25, -0.2) is 19.3 Å². The van der Waals surface area contributed by atoms with Gasteiger partial charge in [-0.2, -0.15) is 0 Å². The predicted octanol–water partition coefficient (Wildman–Crippen LogP) is 3.11. The van der Waals surface area contributed by atoms with Gasteiger partial charge in [0.1, 0.15) is 24.9 Å². The normalized spacial score (nSPS) is 15.7. The van der Waals surface area contributed by atoms with Crippen molar-refractivity contribution < 1.29 is 18.3 Å². The van der Waals surface area contributed by atoms with Gasteiger partial charge in [-0.1, -0.05) is 0 Å². The highest BCUT2D eigenvalue weighted by Gasteiger charge is 2.20. The number of hydrogen-bond donors (Lipinski definition) is 2. The lowest BCUT2D eigenvalue weighted by molar-refractivity contribution is 0.150. The zero-order valence-corrected chi connectivity index (χ0v) is 25.5. The number of halogens is 1. The highest BCUT2D eigenvalue weighted by molar-refractivity contribution is 5.84. The molecule has 0 aliphatic carbocycles. The molecule has 2 aliphatic heterocycles. The van der Waals surface area contributed by atoms with Crippen molar-refractivity contribution in [3.8, 4) is 11.5 Å². The van der Waals surface area contributed by atoms with E-state index in [9.17, 15) is 4.39 Å². The number of nitrogens with zero attached hydrogens (tertiary/aromatic N) is 7. The number of hydrogen-bond acceptors (Lipinski definition) is 11. The molecule has 12 nitrogen and oxygen atoms in total. The topological polar surface area (TPSA) is 119 Å². The summed E-state index contributed by atoms with van der Waals surface area (Å²) in [4.78, 5) is 23.1. The number of oxazole rings is 1. The number of piperazine rings is 1. The van der Waals surface area contributed by atoms with E-state index in [1.807, 2.05) is 6.07 Å². The van der Waals surface area contributed by atoms with Crippen molar-refractivity contribution in [2.75, 3.05) is 71.4 Å². The molecule has 0 bridgehead atoms. The minimum Gasteiger partial charge on any atom is -0.486 e. The Morgan fingerprint density at radius 1 is 0.911 bits per heavy atom. The Kier molecular flexibility index (Phi) is 8.71. The van der Waals surface area contributed by atoms with Gasteiger partial charge in [-0.3, -0.25) is 9.88 Å². The second-order valence-corrected chi connectivity index (χ2v) is 11.5. The van der Waals surface area contributed by atoms with Crippen LogP contribution in [0.25, 0.3) is 22.1 Å². The van der Waals surface area contributed by atoms with E-state index in [-0.39, 0.29) is 12.4 Å². The Morgan fingerprint density at radius 2 is 1.73 bits per heavy atom. The zero-order valence-electron chi connectivity index (χ0n) is 25.5. The number of fused-ring (bicyclic) bond motifs is 3. The molecule has 0 saturated carbocycles. The van der Waals surface area contributed by atoms with Gasteiger partial charge in [-0.15, -0.1) is 0 Å². The molecule has 0 amide bonds. The van der Waals surface area contributed by atoms with Gasteiger partial charge in [0.2, 0.25) is 0 Å². The van der Waals surface area contributed by atoms with E-state index in [0.717, 1.165) is 80.6 Å². The third kappa shape index (κ3) is 6.70. The van der Waals surface area contributed by atoms with Crippen molar-refractivity contribution in [2.45, 2.75) is 25.9 Å². The van der Waals surface area contributed by atoms with E-state index in [4.69, 9.17) is 18.9 Å². The third-order valence-corrected chi connectivity index (χ3v) is 8.38. The van der Waals surface area contributed by atoms with E-state index < -0.39 is 0 Å². The molecule has 13 heteroatoms. The minimum absolute atomic E-state index is 0.200. The van der Waals surface area contributed by atoms with Gasteiger partial charge in [0.25, 0.3) is 0 Å². The van der Waals surface area contributed by atoms with Crippen molar-refractivity contribution in [2.24, 2.45) is 0 Å². The molecular formula is C32H38FN9O3. The summed E-state index contributed by atoms with van der Waals surface area (Å²) in [5, 5.41) is 6.67. The van der Waals surface area contributed by atoms with E-state index in [1.54, 1.807) is 24.5 Å². The Bertz CT molecular complexity index is 1770. The van der Waals surface area contributed by atoms with E-state index in [2.05, 4.69) is 53.1 Å². The molecule has 0 radical (unpaired) electrons. The Labute approximate surface area is 260 Å². The SMILES string of the molecule is CN1CCN(CCn2c(CCNCCc3nc4c(NCc5ncccc5F)nccc4o3)nc3cc4c(cc32)OCCO4)CC1. The van der Waals surface area contributed by atoms with Gasteiger partial charge >= 0.3 is 0 Å². The number of rotatable bonds is 12. The molecule has 5 aromatic rings. The first-order valence-electron chi connectivity index (χ1n) is 15.6. The van der Waals surface area contributed by atoms with Crippen molar-refractivity contribution in [1.29, 1.82) is 0 Å². The lowest BCUT2D eigenvalue weighted by Crippen LogP contribution is -2.45. The summed E-state index contributed by atoms with van der Waals surface area (Å²) in [6.45, 7) is 8.98. The number of benzene rings is 1. The number of likely N-dealkylation sites (N-methyl/N-ethyl adjacent to an activating group) is 1. The summed E-state index contributed by atoms with van der Waals surface area (Å²) in [6.07, 6.45) is 4.61. The average molecular weight is 616 g/mol. The molecule has 0 atom stereocenters. The molecule has 0 spiro atoms. The molecule has 1 fully saturated rings. The van der Waals surface area contributed by atoms with Crippen LogP contribution in [0.4, 0.5) is 10.2 Å². The second kappa shape index (κ2) is 13.3. The van der Waals surface area contributed by atoms with Gasteiger partial charge in [0.15, 0.2) is 34.3 Å². The molecule has 6 heterocycles. The quantitative estimate of drug-likeness (QED) is 0.202. The summed E-state index contributed by atoms with van der Waals surface area (Å²) in [6, 6.07) is 8.83. The van der Waals surface area contributed by atoms with Crippen molar-refractivity contribution in [1.82, 2.24) is 39.6 Å². The van der Waals surface area contributed by atoms with E-state index >= 15 is 0 Å². The van der Waals surface area contributed by atoms with Gasteiger partial charge in [-0.05, 0) is 19.2 Å². The zero-order chi connectivity index (χ0) is 30.6. The van der Waals surface area contributed by atoms with E-state index in [1.165, 1.54) is 6.07 Å². The lowest BCUT2D eigenvalue weighted by atomic mass is 10.2. The molecule has 1 saturated heterocycles. The van der Waals surface area contributed by atoms with Gasteiger partial charge < -0.3 is 34.0 Å². The van der Waals surface area contributed by atoms with Crippen LogP contribution in [0.15, 0.2) is 47.1 Å². The van der Waals surface area contributed by atoms with Crippen LogP contribution in [-0.4, -0.2) is 100 Å². The third-order valence-electron chi connectivity index (χ3n) is 8.38. The second-order valence-electron chi connectivity index (χ2n) is 11.5. The fraction of sp³-hybridized carbons (Fsp3) is 0.438. The maximum Gasteiger partial charge on any atom is 0.196 e. The molecule has 2 aliphatic rings. The Hall–Kier alpha value is -4.33. The first-order chi connectivity index (χ1) is 22.1. The number of ether oxygens (including phenoxy) is 2. The highest BCUT2D eigenvalue weighted by atomic mass is 19.1. The van der Waals surface area contributed by atoms with Crippen LogP contribution in [0, 0.1) is 5.82 Å². The molecule has 45 heavy (non-hydrogen) atoms. The molecule has 1 aromatic carbocycles. The molecular weight excluding hydrogens is 577 g/mol. The van der Waals surface area contributed by atoms with Crippen LogP contribution in [0.5, 0.6) is 11.5 Å². The maximum absolute atomic E-state index is 14.0. The number of anilines is 1. The largest absolute Gasteiger partial charge is 0.486 e. The van der Waals surface area contributed by atoms with E-state index in [0.29, 0.717) is 54.7 Å². The lowest BCUT2D eigenvalue weighted by Gasteiger charge is -2.32. The van der Waals surface area contributed by atoms with Crippen molar-refractivity contribution in [3.05, 3.63) is 66.0 Å². The summed E-state index contributed by atoms with van der Waals surface area (Å²) in [7, 11) is 2.18. The van der Waals surface area contributed by atoms with Crippen LogP contribution >= 0.6 is 0 Å².